The molecule has 2 heterocycles. The van der Waals surface area contributed by atoms with Gasteiger partial charge in [-0.1, -0.05) is 12.1 Å². The minimum Gasteiger partial charge on any atom is -0.497 e. The van der Waals surface area contributed by atoms with Crippen molar-refractivity contribution < 1.29 is 9.53 Å². The highest BCUT2D eigenvalue weighted by atomic mass is 16.5. The molecule has 7 nitrogen and oxygen atoms in total. The average Bonchev–Trinajstić information content (AvgIpc) is 3.09. The molecule has 0 aliphatic heterocycles. The standard InChI is InChI=1S/C17H19N5O2/c1-4-21(12(2)13-6-5-7-15(10-13)24-3)17(23)14-8-9-16-18-19-20-22(16)11-14/h5-12H,4H2,1-3H3. The third kappa shape index (κ3) is 2.92. The highest BCUT2D eigenvalue weighted by molar-refractivity contribution is 5.94. The van der Waals surface area contributed by atoms with Crippen LogP contribution in [0.1, 0.15) is 35.8 Å². The quantitative estimate of drug-likeness (QED) is 0.720. The summed E-state index contributed by atoms with van der Waals surface area (Å²) >= 11 is 0. The first-order valence-corrected chi connectivity index (χ1v) is 7.76. The van der Waals surface area contributed by atoms with Crippen LogP contribution in [-0.4, -0.2) is 44.5 Å². The Balaban J connectivity index is 1.89. The smallest absolute Gasteiger partial charge is 0.255 e. The molecule has 0 fully saturated rings. The number of methoxy groups -OCH3 is 1. The number of ether oxygens (including phenoxy) is 1. The van der Waals surface area contributed by atoms with Crippen molar-refractivity contribution in [3.63, 3.8) is 0 Å². The van der Waals surface area contributed by atoms with E-state index in [9.17, 15) is 4.79 Å². The predicted molar refractivity (Wildman–Crippen MR) is 88.9 cm³/mol. The Labute approximate surface area is 139 Å². The van der Waals surface area contributed by atoms with Crippen molar-refractivity contribution in [1.29, 1.82) is 0 Å². The molecule has 124 valence electrons. The number of pyridine rings is 1. The van der Waals surface area contributed by atoms with Crippen LogP contribution < -0.4 is 4.74 Å². The third-order valence-electron chi connectivity index (χ3n) is 4.08. The van der Waals surface area contributed by atoms with Gasteiger partial charge in [-0.15, -0.1) is 5.10 Å². The van der Waals surface area contributed by atoms with E-state index in [2.05, 4.69) is 15.5 Å². The van der Waals surface area contributed by atoms with Crippen molar-refractivity contribution in [3.05, 3.63) is 53.7 Å². The minimum atomic E-state index is -0.0813. The number of hydrogen-bond acceptors (Lipinski definition) is 5. The molecule has 1 atom stereocenters. The molecule has 2 aromatic heterocycles. The Morgan fingerprint density at radius 2 is 2.17 bits per heavy atom. The molecule has 3 aromatic rings. The van der Waals surface area contributed by atoms with Gasteiger partial charge in [0, 0.05) is 12.7 Å². The van der Waals surface area contributed by atoms with E-state index in [0.717, 1.165) is 11.3 Å². The van der Waals surface area contributed by atoms with Gasteiger partial charge in [0.05, 0.1) is 18.7 Å². The van der Waals surface area contributed by atoms with E-state index in [1.54, 1.807) is 30.3 Å². The molecule has 0 saturated heterocycles. The maximum atomic E-state index is 12.9. The number of nitrogens with zero attached hydrogens (tertiary/aromatic N) is 5. The lowest BCUT2D eigenvalue weighted by atomic mass is 10.1. The number of fused-ring (bicyclic) bond motifs is 1. The van der Waals surface area contributed by atoms with Gasteiger partial charge in [-0.2, -0.15) is 4.52 Å². The SMILES string of the molecule is CCN(C(=O)c1ccc2nnnn2c1)C(C)c1cccc(OC)c1. The molecule has 0 spiro atoms. The molecular weight excluding hydrogens is 306 g/mol. The van der Waals surface area contributed by atoms with Crippen LogP contribution in [0.3, 0.4) is 0 Å². The first kappa shape index (κ1) is 15.9. The summed E-state index contributed by atoms with van der Waals surface area (Å²) < 4.78 is 6.77. The number of carbonyl (C=O) groups excluding carboxylic acids is 1. The van der Waals surface area contributed by atoms with Gasteiger partial charge < -0.3 is 9.64 Å². The normalized spacial score (nSPS) is 12.1. The Bertz CT molecular complexity index is 861. The average molecular weight is 325 g/mol. The van der Waals surface area contributed by atoms with E-state index in [1.165, 1.54) is 4.52 Å². The summed E-state index contributed by atoms with van der Waals surface area (Å²) in [7, 11) is 1.63. The zero-order valence-electron chi connectivity index (χ0n) is 13.9. The number of tetrazole rings is 1. The molecular formula is C17H19N5O2. The zero-order valence-corrected chi connectivity index (χ0v) is 13.9. The maximum Gasteiger partial charge on any atom is 0.255 e. The lowest BCUT2D eigenvalue weighted by Crippen LogP contribution is -2.33. The van der Waals surface area contributed by atoms with Gasteiger partial charge in [-0.3, -0.25) is 4.79 Å². The van der Waals surface area contributed by atoms with Gasteiger partial charge in [0.15, 0.2) is 5.65 Å². The Morgan fingerprint density at radius 3 is 2.92 bits per heavy atom. The molecule has 1 unspecified atom stereocenters. The van der Waals surface area contributed by atoms with Gasteiger partial charge in [-0.25, -0.2) is 0 Å². The van der Waals surface area contributed by atoms with Gasteiger partial charge >= 0.3 is 0 Å². The van der Waals surface area contributed by atoms with E-state index >= 15 is 0 Å². The van der Waals surface area contributed by atoms with E-state index in [4.69, 9.17) is 4.74 Å². The molecule has 0 bridgehead atoms. The van der Waals surface area contributed by atoms with Crippen molar-refractivity contribution in [1.82, 2.24) is 24.9 Å². The van der Waals surface area contributed by atoms with Crippen LogP contribution in [0.2, 0.25) is 0 Å². The lowest BCUT2D eigenvalue weighted by molar-refractivity contribution is 0.0701. The fraction of sp³-hybridized carbons (Fsp3) is 0.294. The van der Waals surface area contributed by atoms with Crippen LogP contribution in [-0.2, 0) is 0 Å². The van der Waals surface area contributed by atoms with E-state index in [1.807, 2.05) is 38.1 Å². The number of carbonyl (C=O) groups is 1. The number of aromatic nitrogens is 4. The monoisotopic (exact) mass is 325 g/mol. The fourth-order valence-electron chi connectivity index (χ4n) is 2.71. The second kappa shape index (κ2) is 6.66. The number of benzene rings is 1. The molecule has 7 heteroatoms. The summed E-state index contributed by atoms with van der Waals surface area (Å²) in [5.74, 6) is 0.711. The van der Waals surface area contributed by atoms with Crippen LogP contribution in [0.4, 0.5) is 0 Å². The minimum absolute atomic E-state index is 0.0646. The molecule has 0 radical (unpaired) electrons. The van der Waals surface area contributed by atoms with Crippen LogP contribution in [0.15, 0.2) is 42.6 Å². The fourth-order valence-corrected chi connectivity index (χ4v) is 2.71. The van der Waals surface area contributed by atoms with Crippen molar-refractivity contribution in [2.75, 3.05) is 13.7 Å². The van der Waals surface area contributed by atoms with Gasteiger partial charge in [-0.05, 0) is 54.1 Å². The molecule has 3 rings (SSSR count). The largest absolute Gasteiger partial charge is 0.497 e. The summed E-state index contributed by atoms with van der Waals surface area (Å²) in [4.78, 5) is 14.7. The van der Waals surface area contributed by atoms with Crippen molar-refractivity contribution in [3.8, 4) is 5.75 Å². The summed E-state index contributed by atoms with van der Waals surface area (Å²) in [5, 5.41) is 11.3. The lowest BCUT2D eigenvalue weighted by Gasteiger charge is -2.28. The Hall–Kier alpha value is -2.96. The third-order valence-corrected chi connectivity index (χ3v) is 4.08. The van der Waals surface area contributed by atoms with Gasteiger partial charge in [0.1, 0.15) is 5.75 Å². The molecule has 0 saturated carbocycles. The molecule has 1 amide bonds. The van der Waals surface area contributed by atoms with E-state index in [-0.39, 0.29) is 11.9 Å². The Kier molecular flexibility index (Phi) is 4.41. The van der Waals surface area contributed by atoms with Gasteiger partial charge in [0.25, 0.3) is 5.91 Å². The van der Waals surface area contributed by atoms with Crippen LogP contribution in [0, 0.1) is 0 Å². The first-order valence-electron chi connectivity index (χ1n) is 7.76. The maximum absolute atomic E-state index is 12.9. The summed E-state index contributed by atoms with van der Waals surface area (Å²) in [5.41, 5.74) is 2.18. The van der Waals surface area contributed by atoms with Crippen LogP contribution in [0.25, 0.3) is 5.65 Å². The second-order valence-electron chi connectivity index (χ2n) is 5.44. The Morgan fingerprint density at radius 1 is 1.33 bits per heavy atom. The highest BCUT2D eigenvalue weighted by Crippen LogP contribution is 2.25. The summed E-state index contributed by atoms with van der Waals surface area (Å²) in [6.07, 6.45) is 1.65. The molecule has 1 aromatic carbocycles. The summed E-state index contributed by atoms with van der Waals surface area (Å²) in [6.45, 7) is 4.56. The van der Waals surface area contributed by atoms with Crippen molar-refractivity contribution in [2.24, 2.45) is 0 Å². The molecule has 24 heavy (non-hydrogen) atoms. The van der Waals surface area contributed by atoms with E-state index in [0.29, 0.717) is 17.8 Å². The number of amides is 1. The second-order valence-corrected chi connectivity index (χ2v) is 5.44. The van der Waals surface area contributed by atoms with Gasteiger partial charge in [0.2, 0.25) is 0 Å². The van der Waals surface area contributed by atoms with E-state index < -0.39 is 0 Å². The molecule has 0 aliphatic rings. The van der Waals surface area contributed by atoms with Crippen molar-refractivity contribution >= 4 is 11.6 Å². The molecule has 0 aliphatic carbocycles. The van der Waals surface area contributed by atoms with Crippen LogP contribution >= 0.6 is 0 Å². The predicted octanol–water partition coefficient (Wildman–Crippen LogP) is 2.36. The number of hydrogen-bond donors (Lipinski definition) is 0. The molecule has 0 N–H and O–H groups in total. The topological polar surface area (TPSA) is 72.6 Å². The number of rotatable bonds is 5. The zero-order chi connectivity index (χ0) is 17.1. The first-order chi connectivity index (χ1) is 11.6. The summed E-state index contributed by atoms with van der Waals surface area (Å²) in [6, 6.07) is 11.2. The van der Waals surface area contributed by atoms with Crippen LogP contribution in [0.5, 0.6) is 5.75 Å². The van der Waals surface area contributed by atoms with Crippen molar-refractivity contribution in [2.45, 2.75) is 19.9 Å². The highest BCUT2D eigenvalue weighted by Gasteiger charge is 2.22.